The Morgan fingerprint density at radius 2 is 1.77 bits per heavy atom. The molecule has 1 atom stereocenters. The maximum atomic E-state index is 13.6. The van der Waals surface area contributed by atoms with Gasteiger partial charge in [0, 0.05) is 22.6 Å². The number of aryl methyl sites for hydroxylation is 1. The molecule has 0 saturated heterocycles. The Morgan fingerprint density at radius 3 is 2.43 bits per heavy atom. The average molecular weight is 409 g/mol. The van der Waals surface area contributed by atoms with Gasteiger partial charge in [-0.3, -0.25) is 4.79 Å². The Kier molecular flexibility index (Phi) is 6.67. The first-order valence-electron chi connectivity index (χ1n) is 9.77. The lowest BCUT2D eigenvalue weighted by Crippen LogP contribution is -2.30. The average Bonchev–Trinajstić information content (AvgIpc) is 3.04. The van der Waals surface area contributed by atoms with Gasteiger partial charge in [-0.05, 0) is 56.7 Å². The summed E-state index contributed by atoms with van der Waals surface area (Å²) in [6.07, 6.45) is -0.379. The molecule has 0 aliphatic rings. The maximum absolute atomic E-state index is 13.6. The third kappa shape index (κ3) is 4.76. The topological polar surface area (TPSA) is 57.5 Å². The summed E-state index contributed by atoms with van der Waals surface area (Å²) in [5, 5.41) is 0. The van der Waals surface area contributed by atoms with Gasteiger partial charge in [0.05, 0.1) is 0 Å². The van der Waals surface area contributed by atoms with Gasteiger partial charge in [0.2, 0.25) is 5.78 Å². The molecule has 0 aliphatic carbocycles. The normalized spacial score (nSPS) is 11.7. The molecule has 0 N–H and O–H groups in total. The van der Waals surface area contributed by atoms with Crippen LogP contribution in [0.2, 0.25) is 0 Å². The molecule has 0 radical (unpaired) electrons. The van der Waals surface area contributed by atoms with Crippen LogP contribution in [0, 0.1) is 19.7 Å². The van der Waals surface area contributed by atoms with Crippen LogP contribution in [0.1, 0.15) is 35.1 Å². The number of esters is 1. The van der Waals surface area contributed by atoms with Crippen molar-refractivity contribution in [2.24, 2.45) is 0 Å². The number of para-hydroxylation sites is 1. The Labute approximate surface area is 175 Å². The van der Waals surface area contributed by atoms with Crippen LogP contribution in [-0.2, 0) is 9.53 Å². The molecule has 2 aromatic carbocycles. The standard InChI is InChI=1S/C24H24FNO4/c1-4-23(30-20-11-6-5-7-12-20)24(28)29-15-22(27)21-13-16(2)26(17(21)3)19-10-8-9-18(25)14-19/h5-14,23H,4,15H2,1-3H3/t23-/m0/s1. The van der Waals surface area contributed by atoms with Crippen LogP contribution < -0.4 is 4.74 Å². The Hall–Kier alpha value is -3.41. The quantitative estimate of drug-likeness (QED) is 0.395. The molecule has 0 bridgehead atoms. The van der Waals surface area contributed by atoms with Crippen LogP contribution in [-0.4, -0.2) is 29.0 Å². The maximum Gasteiger partial charge on any atom is 0.347 e. The predicted octanol–water partition coefficient (Wildman–Crippen LogP) is 4.82. The number of Topliss-reactive ketones (excluding diaryl/α,β-unsaturated/α-hetero) is 1. The van der Waals surface area contributed by atoms with Crippen LogP contribution in [0.25, 0.3) is 5.69 Å². The number of carbonyl (C=O) groups excluding carboxylic acids is 2. The summed E-state index contributed by atoms with van der Waals surface area (Å²) in [7, 11) is 0. The van der Waals surface area contributed by atoms with Crippen molar-refractivity contribution in [3.63, 3.8) is 0 Å². The highest BCUT2D eigenvalue weighted by molar-refractivity contribution is 5.99. The zero-order valence-corrected chi connectivity index (χ0v) is 17.2. The molecule has 1 heterocycles. The summed E-state index contributed by atoms with van der Waals surface area (Å²) in [6.45, 7) is 5.03. The van der Waals surface area contributed by atoms with Gasteiger partial charge in [-0.25, -0.2) is 9.18 Å². The lowest BCUT2D eigenvalue weighted by molar-refractivity contribution is -0.150. The Morgan fingerprint density at radius 1 is 1.03 bits per heavy atom. The fourth-order valence-electron chi connectivity index (χ4n) is 3.33. The van der Waals surface area contributed by atoms with E-state index in [-0.39, 0.29) is 18.2 Å². The highest BCUT2D eigenvalue weighted by Gasteiger charge is 2.23. The molecule has 1 aromatic heterocycles. The highest BCUT2D eigenvalue weighted by atomic mass is 19.1. The summed E-state index contributed by atoms with van der Waals surface area (Å²) >= 11 is 0. The minimum absolute atomic E-state index is 0.325. The van der Waals surface area contributed by atoms with Gasteiger partial charge in [0.25, 0.3) is 0 Å². The molecule has 0 unspecified atom stereocenters. The fourth-order valence-corrected chi connectivity index (χ4v) is 3.33. The van der Waals surface area contributed by atoms with Gasteiger partial charge in [-0.15, -0.1) is 0 Å². The molecular weight excluding hydrogens is 385 g/mol. The molecule has 3 rings (SSSR count). The Balaban J connectivity index is 1.69. The van der Waals surface area contributed by atoms with Crippen molar-refractivity contribution in [1.29, 1.82) is 0 Å². The lowest BCUT2D eigenvalue weighted by Gasteiger charge is -2.16. The predicted molar refractivity (Wildman–Crippen MR) is 112 cm³/mol. The van der Waals surface area contributed by atoms with E-state index in [0.29, 0.717) is 29.1 Å². The largest absolute Gasteiger partial charge is 0.479 e. The van der Waals surface area contributed by atoms with E-state index in [1.165, 1.54) is 12.1 Å². The molecule has 0 fully saturated rings. The van der Waals surface area contributed by atoms with E-state index < -0.39 is 12.1 Å². The summed E-state index contributed by atoms with van der Waals surface area (Å²) in [4.78, 5) is 25.1. The smallest absolute Gasteiger partial charge is 0.347 e. The van der Waals surface area contributed by atoms with Crippen LogP contribution >= 0.6 is 0 Å². The Bertz CT molecular complexity index is 1040. The molecule has 156 valence electrons. The minimum atomic E-state index is -0.792. The van der Waals surface area contributed by atoms with Crippen molar-refractivity contribution in [2.45, 2.75) is 33.3 Å². The first kappa shape index (κ1) is 21.3. The zero-order valence-electron chi connectivity index (χ0n) is 17.2. The first-order chi connectivity index (χ1) is 14.4. The summed E-state index contributed by atoms with van der Waals surface area (Å²) in [6, 6.07) is 16.8. The van der Waals surface area contributed by atoms with Crippen LogP contribution in [0.3, 0.4) is 0 Å². The van der Waals surface area contributed by atoms with E-state index in [1.54, 1.807) is 41.8 Å². The van der Waals surface area contributed by atoms with E-state index in [1.807, 2.05) is 32.0 Å². The molecule has 0 amide bonds. The lowest BCUT2D eigenvalue weighted by atomic mass is 10.1. The number of halogens is 1. The van der Waals surface area contributed by atoms with Crippen molar-refractivity contribution in [2.75, 3.05) is 6.61 Å². The molecular formula is C24H24FNO4. The molecule has 6 heteroatoms. The number of nitrogens with zero attached hydrogens (tertiary/aromatic N) is 1. The highest BCUT2D eigenvalue weighted by Crippen LogP contribution is 2.22. The van der Waals surface area contributed by atoms with Crippen molar-refractivity contribution < 1.29 is 23.5 Å². The van der Waals surface area contributed by atoms with E-state index in [2.05, 4.69) is 0 Å². The molecule has 30 heavy (non-hydrogen) atoms. The zero-order chi connectivity index (χ0) is 21.7. The monoisotopic (exact) mass is 409 g/mol. The van der Waals surface area contributed by atoms with E-state index in [4.69, 9.17) is 9.47 Å². The first-order valence-corrected chi connectivity index (χ1v) is 9.77. The third-order valence-corrected chi connectivity index (χ3v) is 4.80. The second kappa shape index (κ2) is 9.39. The number of ether oxygens (including phenoxy) is 2. The fraction of sp³-hybridized carbons (Fsp3) is 0.250. The van der Waals surface area contributed by atoms with E-state index in [9.17, 15) is 14.0 Å². The van der Waals surface area contributed by atoms with Crippen LogP contribution in [0.15, 0.2) is 60.7 Å². The van der Waals surface area contributed by atoms with Crippen molar-refractivity contribution in [3.05, 3.63) is 83.4 Å². The number of benzene rings is 2. The second-order valence-electron chi connectivity index (χ2n) is 6.96. The van der Waals surface area contributed by atoms with Gasteiger partial charge in [0.1, 0.15) is 11.6 Å². The number of aromatic nitrogens is 1. The van der Waals surface area contributed by atoms with Crippen LogP contribution in [0.4, 0.5) is 4.39 Å². The summed E-state index contributed by atoms with van der Waals surface area (Å²) in [5.41, 5.74) is 2.50. The number of ketones is 1. The number of rotatable bonds is 8. The number of hydrogen-bond donors (Lipinski definition) is 0. The van der Waals surface area contributed by atoms with Gasteiger partial charge >= 0.3 is 5.97 Å². The second-order valence-corrected chi connectivity index (χ2v) is 6.96. The van der Waals surface area contributed by atoms with Gasteiger partial charge in [0.15, 0.2) is 12.7 Å². The third-order valence-electron chi connectivity index (χ3n) is 4.80. The molecule has 0 saturated carbocycles. The van der Waals surface area contributed by atoms with Crippen molar-refractivity contribution in [3.8, 4) is 11.4 Å². The SMILES string of the molecule is CC[C@H](Oc1ccccc1)C(=O)OCC(=O)c1cc(C)n(-c2cccc(F)c2)c1C. The van der Waals surface area contributed by atoms with Gasteiger partial charge < -0.3 is 14.0 Å². The van der Waals surface area contributed by atoms with E-state index in [0.717, 1.165) is 5.69 Å². The van der Waals surface area contributed by atoms with Gasteiger partial charge in [-0.2, -0.15) is 0 Å². The summed E-state index contributed by atoms with van der Waals surface area (Å²) < 4.78 is 26.3. The summed E-state index contributed by atoms with van der Waals surface area (Å²) in [5.74, 6) is -0.709. The molecule has 0 spiro atoms. The van der Waals surface area contributed by atoms with Crippen LogP contribution in [0.5, 0.6) is 5.75 Å². The number of carbonyl (C=O) groups is 2. The van der Waals surface area contributed by atoms with E-state index >= 15 is 0 Å². The molecule has 0 aliphatic heterocycles. The van der Waals surface area contributed by atoms with Crippen molar-refractivity contribution >= 4 is 11.8 Å². The molecule has 5 nitrogen and oxygen atoms in total. The van der Waals surface area contributed by atoms with Crippen molar-refractivity contribution in [1.82, 2.24) is 4.57 Å². The van der Waals surface area contributed by atoms with Gasteiger partial charge in [-0.1, -0.05) is 31.2 Å². The number of hydrogen-bond acceptors (Lipinski definition) is 4. The minimum Gasteiger partial charge on any atom is -0.479 e. The molecule has 3 aromatic rings.